The van der Waals surface area contributed by atoms with Gasteiger partial charge in [0, 0.05) is 28.4 Å². The fraction of sp³-hybridized carbons (Fsp3) is 0.364. The number of methoxy groups -OCH3 is 1. The molecule has 3 heterocycles. The van der Waals surface area contributed by atoms with E-state index in [4.69, 9.17) is 4.74 Å². The lowest BCUT2D eigenvalue weighted by Gasteiger charge is -2.29. The summed E-state index contributed by atoms with van der Waals surface area (Å²) in [5, 5.41) is 10.2. The van der Waals surface area contributed by atoms with Crippen molar-refractivity contribution in [3.63, 3.8) is 0 Å². The Kier molecular flexibility index (Phi) is 6.59. The molecule has 1 fully saturated rings. The molecule has 1 amide bonds. The van der Waals surface area contributed by atoms with Crippen LogP contribution in [0.5, 0.6) is 5.75 Å². The van der Waals surface area contributed by atoms with Gasteiger partial charge in [-0.25, -0.2) is 4.98 Å². The number of likely N-dealkylation sites (tertiary alicyclic amines) is 1. The third kappa shape index (κ3) is 4.86. The number of nitrogens with zero attached hydrogens (tertiary/aromatic N) is 2. The lowest BCUT2D eigenvalue weighted by atomic mass is 10.0. The molecule has 5 nitrogen and oxygen atoms in total. The minimum atomic E-state index is 0.00580. The first-order valence-electron chi connectivity index (χ1n) is 9.85. The zero-order valence-electron chi connectivity index (χ0n) is 16.5. The van der Waals surface area contributed by atoms with Crippen LogP contribution in [0.15, 0.2) is 46.5 Å². The van der Waals surface area contributed by atoms with Crippen molar-refractivity contribution in [1.29, 1.82) is 0 Å². The Morgan fingerprint density at radius 3 is 2.83 bits per heavy atom. The highest BCUT2D eigenvalue weighted by Gasteiger charge is 2.26. The summed E-state index contributed by atoms with van der Waals surface area (Å²) in [6.07, 6.45) is 2.70. The highest BCUT2D eigenvalue weighted by atomic mass is 32.1. The van der Waals surface area contributed by atoms with Crippen LogP contribution in [0, 0.1) is 0 Å². The van der Waals surface area contributed by atoms with Crippen LogP contribution in [-0.2, 0) is 11.2 Å². The number of aromatic nitrogens is 1. The van der Waals surface area contributed by atoms with E-state index in [1.807, 2.05) is 29.0 Å². The molecule has 0 saturated carbocycles. The van der Waals surface area contributed by atoms with Gasteiger partial charge in [-0.1, -0.05) is 18.2 Å². The molecule has 1 atom stereocenters. The van der Waals surface area contributed by atoms with Gasteiger partial charge in [-0.05, 0) is 43.4 Å². The van der Waals surface area contributed by atoms with Crippen LogP contribution in [0.25, 0.3) is 10.6 Å². The minimum Gasteiger partial charge on any atom is -0.496 e. The fourth-order valence-electron chi connectivity index (χ4n) is 3.78. The normalized spacial score (nSPS) is 15.3. The maximum atomic E-state index is 12.6. The molecule has 29 heavy (non-hydrogen) atoms. The first-order valence-corrected chi connectivity index (χ1v) is 11.7. The molecular weight excluding hydrogens is 402 g/mol. The maximum Gasteiger partial charge on any atom is 0.226 e. The average molecular weight is 428 g/mol. The van der Waals surface area contributed by atoms with Crippen molar-refractivity contribution in [2.45, 2.75) is 25.3 Å². The second-order valence-electron chi connectivity index (χ2n) is 7.14. The topological polar surface area (TPSA) is 54.5 Å². The number of benzene rings is 1. The van der Waals surface area contributed by atoms with E-state index in [2.05, 4.69) is 32.7 Å². The number of ether oxygens (including phenoxy) is 1. The van der Waals surface area contributed by atoms with Crippen molar-refractivity contribution in [3.05, 3.63) is 57.7 Å². The third-order valence-corrected chi connectivity index (χ3v) is 6.86. The van der Waals surface area contributed by atoms with E-state index in [0.717, 1.165) is 40.7 Å². The van der Waals surface area contributed by atoms with Gasteiger partial charge in [0.05, 0.1) is 25.3 Å². The Bertz CT molecular complexity index is 933. The number of nitrogens with one attached hydrogen (secondary N) is 1. The molecule has 3 aromatic rings. The first-order chi connectivity index (χ1) is 14.2. The SMILES string of the molecule is COc1ccccc1C(CNC(=O)Cc1csc(-c2ccsc2)n1)N1CCCC1. The van der Waals surface area contributed by atoms with Gasteiger partial charge in [-0.15, -0.1) is 11.3 Å². The van der Waals surface area contributed by atoms with Crippen LogP contribution in [-0.4, -0.2) is 42.5 Å². The van der Waals surface area contributed by atoms with E-state index in [0.29, 0.717) is 13.0 Å². The molecule has 152 valence electrons. The smallest absolute Gasteiger partial charge is 0.226 e. The molecule has 0 bridgehead atoms. The van der Waals surface area contributed by atoms with Gasteiger partial charge in [-0.3, -0.25) is 9.69 Å². The minimum absolute atomic E-state index is 0.00580. The Labute approximate surface area is 179 Å². The summed E-state index contributed by atoms with van der Waals surface area (Å²) in [6, 6.07) is 10.3. The lowest BCUT2D eigenvalue weighted by Crippen LogP contribution is -2.37. The molecule has 4 rings (SSSR count). The van der Waals surface area contributed by atoms with Crippen LogP contribution in [0.4, 0.5) is 0 Å². The number of hydrogen-bond donors (Lipinski definition) is 1. The molecule has 1 aliphatic rings. The number of rotatable bonds is 8. The molecule has 2 aromatic heterocycles. The van der Waals surface area contributed by atoms with Gasteiger partial charge in [-0.2, -0.15) is 11.3 Å². The van der Waals surface area contributed by atoms with Crippen LogP contribution in [0.3, 0.4) is 0 Å². The number of para-hydroxylation sites is 1. The van der Waals surface area contributed by atoms with E-state index in [9.17, 15) is 4.79 Å². The standard InChI is InChI=1S/C22H25N3O2S2/c1-27-20-7-3-2-6-18(20)19(25-9-4-5-10-25)13-23-21(26)12-17-15-29-22(24-17)16-8-11-28-14-16/h2-3,6-8,11,14-15,19H,4-5,9-10,12-13H2,1H3,(H,23,26). The summed E-state index contributed by atoms with van der Waals surface area (Å²) in [5.74, 6) is 0.879. The van der Waals surface area contributed by atoms with Gasteiger partial charge in [0.15, 0.2) is 0 Å². The van der Waals surface area contributed by atoms with Gasteiger partial charge >= 0.3 is 0 Å². The Balaban J connectivity index is 1.41. The van der Waals surface area contributed by atoms with Crippen LogP contribution in [0.1, 0.15) is 30.1 Å². The molecule has 1 aromatic carbocycles. The Hall–Kier alpha value is -2.22. The molecule has 0 aliphatic carbocycles. The quantitative estimate of drug-likeness (QED) is 0.580. The van der Waals surface area contributed by atoms with E-state index in [1.54, 1.807) is 29.8 Å². The Morgan fingerprint density at radius 2 is 2.07 bits per heavy atom. The first kappa shape index (κ1) is 20.1. The second kappa shape index (κ2) is 9.52. The summed E-state index contributed by atoms with van der Waals surface area (Å²) in [6.45, 7) is 2.67. The molecule has 0 radical (unpaired) electrons. The molecule has 0 spiro atoms. The van der Waals surface area contributed by atoms with Crippen molar-refractivity contribution in [2.24, 2.45) is 0 Å². The predicted octanol–water partition coefficient (Wildman–Crippen LogP) is 4.38. The fourth-order valence-corrected chi connectivity index (χ4v) is 5.31. The number of amides is 1. The predicted molar refractivity (Wildman–Crippen MR) is 119 cm³/mol. The van der Waals surface area contributed by atoms with Crippen molar-refractivity contribution in [1.82, 2.24) is 15.2 Å². The van der Waals surface area contributed by atoms with Crippen molar-refractivity contribution in [3.8, 4) is 16.3 Å². The molecule has 1 unspecified atom stereocenters. The van der Waals surface area contributed by atoms with Gasteiger partial charge in [0.2, 0.25) is 5.91 Å². The maximum absolute atomic E-state index is 12.6. The molecule has 1 saturated heterocycles. The third-order valence-electron chi connectivity index (χ3n) is 5.23. The zero-order valence-corrected chi connectivity index (χ0v) is 18.1. The molecule has 1 N–H and O–H groups in total. The highest BCUT2D eigenvalue weighted by Crippen LogP contribution is 2.31. The summed E-state index contributed by atoms with van der Waals surface area (Å²) in [4.78, 5) is 19.7. The molecular formula is C22H25N3O2S2. The molecule has 1 aliphatic heterocycles. The van der Waals surface area contributed by atoms with E-state index >= 15 is 0 Å². The van der Waals surface area contributed by atoms with Crippen molar-refractivity contribution < 1.29 is 9.53 Å². The van der Waals surface area contributed by atoms with Gasteiger partial charge in [0.25, 0.3) is 0 Å². The summed E-state index contributed by atoms with van der Waals surface area (Å²) >= 11 is 3.24. The van der Waals surface area contributed by atoms with Crippen molar-refractivity contribution >= 4 is 28.6 Å². The number of carbonyl (C=O) groups excluding carboxylic acids is 1. The summed E-state index contributed by atoms with van der Waals surface area (Å²) in [5.41, 5.74) is 3.08. The van der Waals surface area contributed by atoms with E-state index < -0.39 is 0 Å². The van der Waals surface area contributed by atoms with Gasteiger partial charge in [0.1, 0.15) is 10.8 Å². The number of carbonyl (C=O) groups is 1. The molecule has 7 heteroatoms. The van der Waals surface area contributed by atoms with Crippen LogP contribution in [0.2, 0.25) is 0 Å². The zero-order chi connectivity index (χ0) is 20.1. The van der Waals surface area contributed by atoms with E-state index in [1.165, 1.54) is 12.8 Å². The van der Waals surface area contributed by atoms with Crippen LogP contribution < -0.4 is 10.1 Å². The van der Waals surface area contributed by atoms with Crippen molar-refractivity contribution in [2.75, 3.05) is 26.7 Å². The number of thiophene rings is 1. The van der Waals surface area contributed by atoms with Gasteiger partial charge < -0.3 is 10.1 Å². The number of thiazole rings is 1. The lowest BCUT2D eigenvalue weighted by molar-refractivity contribution is -0.120. The highest BCUT2D eigenvalue weighted by molar-refractivity contribution is 7.14. The second-order valence-corrected chi connectivity index (χ2v) is 8.78. The Morgan fingerprint density at radius 1 is 1.24 bits per heavy atom. The largest absolute Gasteiger partial charge is 0.496 e. The van der Waals surface area contributed by atoms with E-state index in [-0.39, 0.29) is 11.9 Å². The number of hydrogen-bond acceptors (Lipinski definition) is 6. The van der Waals surface area contributed by atoms with Crippen LogP contribution >= 0.6 is 22.7 Å². The average Bonchev–Trinajstić information content (AvgIpc) is 3.50. The summed E-state index contributed by atoms with van der Waals surface area (Å²) in [7, 11) is 1.70. The summed E-state index contributed by atoms with van der Waals surface area (Å²) < 4.78 is 5.58. The monoisotopic (exact) mass is 427 g/mol.